The van der Waals surface area contributed by atoms with Gasteiger partial charge in [0.05, 0.1) is 15.9 Å². The van der Waals surface area contributed by atoms with E-state index in [1.54, 1.807) is 11.6 Å². The number of nitrogens with one attached hydrogen (secondary N) is 1. The van der Waals surface area contributed by atoms with Crippen molar-refractivity contribution < 1.29 is 0 Å². The van der Waals surface area contributed by atoms with Gasteiger partial charge in [-0.2, -0.15) is 4.98 Å². The molecule has 10 heteroatoms. The van der Waals surface area contributed by atoms with E-state index in [0.717, 1.165) is 41.6 Å². The Bertz CT molecular complexity index is 1480. The number of anilines is 2. The first-order valence-corrected chi connectivity index (χ1v) is 11.6. The van der Waals surface area contributed by atoms with E-state index in [1.165, 1.54) is 0 Å². The second-order valence-electron chi connectivity index (χ2n) is 9.37. The summed E-state index contributed by atoms with van der Waals surface area (Å²) >= 11 is 6.85. The van der Waals surface area contributed by atoms with E-state index in [0.29, 0.717) is 33.6 Å². The van der Waals surface area contributed by atoms with Crippen molar-refractivity contribution in [3.8, 4) is 11.1 Å². The third-order valence-corrected chi connectivity index (χ3v) is 7.62. The van der Waals surface area contributed by atoms with Crippen LogP contribution < -0.4 is 21.1 Å². The quantitative estimate of drug-likeness (QED) is 0.446. The molecule has 2 saturated heterocycles. The molecule has 0 aliphatic carbocycles. The molecule has 4 aromatic rings. The monoisotopic (exact) mass is 499 g/mol. The fraction of sp³-hybridized carbons (Fsp3) is 0.375. The molecule has 0 spiro atoms. The summed E-state index contributed by atoms with van der Waals surface area (Å²) in [6.45, 7) is 0. The molecule has 3 aromatic heterocycles. The number of nitrogens with two attached hydrogens (primary N) is 1. The van der Waals surface area contributed by atoms with Gasteiger partial charge in [-0.05, 0) is 31.4 Å². The van der Waals surface area contributed by atoms with Crippen LogP contribution in [-0.4, -0.2) is 51.7 Å². The Hall–Kier alpha value is -2.81. The van der Waals surface area contributed by atoms with Crippen LogP contribution in [0.3, 0.4) is 0 Å². The molecule has 2 fully saturated rings. The summed E-state index contributed by atoms with van der Waals surface area (Å²) in [7, 11) is 5.67. The highest BCUT2D eigenvalue weighted by Crippen LogP contribution is 2.41. The number of fused-ring (bicyclic) bond motifs is 4. The molecule has 178 valence electrons. The maximum absolute atomic E-state index is 13.6. The average Bonchev–Trinajstić information content (AvgIpc) is 3.48. The van der Waals surface area contributed by atoms with E-state index in [4.69, 9.17) is 27.3 Å². The number of hydrogen-bond donors (Lipinski definition) is 2. The van der Waals surface area contributed by atoms with Crippen LogP contribution in [0, 0.1) is 0 Å². The predicted molar refractivity (Wildman–Crippen MR) is 141 cm³/mol. The van der Waals surface area contributed by atoms with Crippen molar-refractivity contribution in [2.45, 2.75) is 37.4 Å². The van der Waals surface area contributed by atoms with E-state index in [-0.39, 0.29) is 30.0 Å². The molecule has 5 heterocycles. The van der Waals surface area contributed by atoms with Crippen molar-refractivity contribution in [2.24, 2.45) is 12.8 Å². The number of hydrogen-bond acceptors (Lipinski definition) is 6. The third-order valence-electron chi connectivity index (χ3n) is 7.24. The molecule has 0 saturated carbocycles. The highest BCUT2D eigenvalue weighted by Gasteiger charge is 2.46. The average molecular weight is 500 g/mol. The van der Waals surface area contributed by atoms with Gasteiger partial charge in [0, 0.05) is 62.0 Å². The molecule has 0 radical (unpaired) electrons. The van der Waals surface area contributed by atoms with E-state index in [1.807, 2.05) is 49.5 Å². The number of nitrogens with zero attached hydrogens (tertiary/aromatic N) is 5. The maximum Gasteiger partial charge on any atom is 0.264 e. The third kappa shape index (κ3) is 3.20. The number of halogens is 2. The molecule has 8 nitrogen and oxygen atoms in total. The molecule has 2 aliphatic heterocycles. The van der Waals surface area contributed by atoms with Crippen molar-refractivity contribution in [2.75, 3.05) is 23.9 Å². The molecule has 0 unspecified atom stereocenters. The zero-order valence-corrected chi connectivity index (χ0v) is 20.8. The van der Waals surface area contributed by atoms with Gasteiger partial charge in [-0.15, -0.1) is 12.4 Å². The summed E-state index contributed by atoms with van der Waals surface area (Å²) in [5.41, 5.74) is 8.99. The minimum Gasteiger partial charge on any atom is -0.363 e. The van der Waals surface area contributed by atoms with E-state index in [9.17, 15) is 4.79 Å². The number of aromatic nitrogens is 4. The minimum atomic E-state index is -0.0997. The molecular weight excluding hydrogens is 473 g/mol. The Balaban J connectivity index is 0.00000241. The highest BCUT2D eigenvalue weighted by molar-refractivity contribution is 6.38. The molecule has 2 bridgehead atoms. The fourth-order valence-corrected chi connectivity index (χ4v) is 5.86. The van der Waals surface area contributed by atoms with Crippen molar-refractivity contribution >= 4 is 57.7 Å². The summed E-state index contributed by atoms with van der Waals surface area (Å²) in [5, 5.41) is 2.00. The van der Waals surface area contributed by atoms with Gasteiger partial charge in [-0.25, -0.2) is 4.98 Å². The van der Waals surface area contributed by atoms with Gasteiger partial charge in [-0.1, -0.05) is 23.7 Å². The smallest absolute Gasteiger partial charge is 0.264 e. The summed E-state index contributed by atoms with van der Waals surface area (Å²) in [5.74, 6) is 1.50. The van der Waals surface area contributed by atoms with Crippen molar-refractivity contribution in [1.82, 2.24) is 19.5 Å². The maximum atomic E-state index is 13.6. The number of H-pyrrole nitrogens is 1. The Morgan fingerprint density at radius 2 is 1.91 bits per heavy atom. The first kappa shape index (κ1) is 23.0. The lowest BCUT2D eigenvalue weighted by molar-refractivity contribution is 0.503. The van der Waals surface area contributed by atoms with Gasteiger partial charge >= 0.3 is 0 Å². The summed E-state index contributed by atoms with van der Waals surface area (Å²) < 4.78 is 1.65. The lowest BCUT2D eigenvalue weighted by atomic mass is 9.97. The van der Waals surface area contributed by atoms with Crippen LogP contribution in [-0.2, 0) is 7.05 Å². The van der Waals surface area contributed by atoms with Crippen LogP contribution in [0.2, 0.25) is 5.02 Å². The SMILES string of the molecule is CN(C)c1ccc2ccc(-c3c[nH]c4nc(N5[C@H]6CC[C@@H]5[C@H](N)C6)n(C)c(=O)c34)c(Cl)c2n1.Cl. The van der Waals surface area contributed by atoms with Gasteiger partial charge in [-0.3, -0.25) is 9.36 Å². The molecule has 6 rings (SSSR count). The Labute approximate surface area is 208 Å². The minimum absolute atomic E-state index is 0. The first-order valence-electron chi connectivity index (χ1n) is 11.2. The van der Waals surface area contributed by atoms with E-state index in [2.05, 4.69) is 9.88 Å². The summed E-state index contributed by atoms with van der Waals surface area (Å²) in [6, 6.07) is 8.61. The van der Waals surface area contributed by atoms with Gasteiger partial charge in [0.1, 0.15) is 11.5 Å². The largest absolute Gasteiger partial charge is 0.363 e. The van der Waals surface area contributed by atoms with E-state index >= 15 is 0 Å². The van der Waals surface area contributed by atoms with Crippen LogP contribution in [0.1, 0.15) is 19.3 Å². The molecule has 34 heavy (non-hydrogen) atoms. The Kier molecular flexibility index (Phi) is 5.50. The van der Waals surface area contributed by atoms with Crippen molar-refractivity contribution in [3.63, 3.8) is 0 Å². The van der Waals surface area contributed by atoms with Gasteiger partial charge in [0.15, 0.2) is 0 Å². The van der Waals surface area contributed by atoms with Crippen LogP contribution >= 0.6 is 24.0 Å². The molecule has 3 atom stereocenters. The molecule has 0 amide bonds. The van der Waals surface area contributed by atoms with Crippen molar-refractivity contribution in [1.29, 1.82) is 0 Å². The van der Waals surface area contributed by atoms with E-state index < -0.39 is 0 Å². The number of rotatable bonds is 3. The van der Waals surface area contributed by atoms with Gasteiger partial charge < -0.3 is 20.5 Å². The zero-order valence-electron chi connectivity index (χ0n) is 19.2. The van der Waals surface area contributed by atoms with Crippen LogP contribution in [0.5, 0.6) is 0 Å². The second kappa shape index (κ2) is 8.15. The zero-order chi connectivity index (χ0) is 23.0. The van der Waals surface area contributed by atoms with Gasteiger partial charge in [0.2, 0.25) is 5.95 Å². The molecular formula is C24H27Cl2N7O. The van der Waals surface area contributed by atoms with Gasteiger partial charge in [0.25, 0.3) is 5.56 Å². The Morgan fingerprint density at radius 1 is 1.15 bits per heavy atom. The number of benzene rings is 1. The van der Waals surface area contributed by atoms with Crippen molar-refractivity contribution in [3.05, 3.63) is 45.8 Å². The standard InChI is InChI=1S/C24H26ClN7O.ClH/c1-30(2)18-9-5-12-4-7-14(20(25)21(12)28-18)15-11-27-22-19(15)23(33)31(3)24(29-22)32-13-6-8-17(32)16(26)10-13;/h4-5,7,9,11,13,16-17,27H,6,8,10,26H2,1-3H3;1H/t13-,16+,17+;/m0./s1. The lowest BCUT2D eigenvalue weighted by Gasteiger charge is -2.25. The Morgan fingerprint density at radius 3 is 2.59 bits per heavy atom. The first-order chi connectivity index (χ1) is 15.8. The number of pyridine rings is 1. The van der Waals surface area contributed by atoms with Crippen LogP contribution in [0.4, 0.5) is 11.8 Å². The molecule has 3 N–H and O–H groups in total. The highest BCUT2D eigenvalue weighted by atomic mass is 35.5. The fourth-order valence-electron chi connectivity index (χ4n) is 5.54. The summed E-state index contributed by atoms with van der Waals surface area (Å²) in [6.07, 6.45) is 4.90. The predicted octanol–water partition coefficient (Wildman–Crippen LogP) is 3.69. The second-order valence-corrected chi connectivity index (χ2v) is 9.75. The topological polar surface area (TPSA) is 96.1 Å². The lowest BCUT2D eigenvalue weighted by Crippen LogP contribution is -2.40. The van der Waals surface area contributed by atoms with Crippen LogP contribution in [0.25, 0.3) is 33.1 Å². The number of aromatic amines is 1. The summed E-state index contributed by atoms with van der Waals surface area (Å²) in [4.78, 5) is 30.6. The molecule has 2 aliphatic rings. The van der Waals surface area contributed by atoms with Crippen LogP contribution in [0.15, 0.2) is 35.3 Å². The normalized spacial score (nSPS) is 21.4. The molecule has 1 aromatic carbocycles.